The van der Waals surface area contributed by atoms with Crippen LogP contribution in [0.4, 0.5) is 4.79 Å². The van der Waals surface area contributed by atoms with E-state index in [1.165, 1.54) is 4.88 Å². The van der Waals surface area contributed by atoms with E-state index in [0.717, 1.165) is 30.6 Å². The second-order valence-corrected chi connectivity index (χ2v) is 10.3. The van der Waals surface area contributed by atoms with Crippen molar-refractivity contribution in [3.8, 4) is 11.5 Å². The molecule has 1 aromatic heterocycles. The van der Waals surface area contributed by atoms with Gasteiger partial charge in [0.2, 0.25) is 5.91 Å². The zero-order valence-electron chi connectivity index (χ0n) is 20.7. The highest BCUT2D eigenvalue weighted by Gasteiger charge is 2.34. The summed E-state index contributed by atoms with van der Waals surface area (Å²) in [5, 5.41) is 5.00. The molecule has 8 nitrogen and oxygen atoms in total. The van der Waals surface area contributed by atoms with Crippen LogP contribution in [0.15, 0.2) is 35.7 Å². The number of hydrogen-bond acceptors (Lipinski definition) is 6. The van der Waals surface area contributed by atoms with E-state index in [2.05, 4.69) is 16.8 Å². The zero-order valence-corrected chi connectivity index (χ0v) is 21.5. The number of ether oxygens (including phenoxy) is 3. The van der Waals surface area contributed by atoms with Gasteiger partial charge in [-0.2, -0.15) is 0 Å². The average molecular weight is 502 g/mol. The number of carbonyl (C=O) groups is 2. The topological polar surface area (TPSA) is 80.3 Å². The molecule has 0 radical (unpaired) electrons. The Morgan fingerprint density at radius 1 is 1.29 bits per heavy atom. The Bertz CT molecular complexity index is 1000. The van der Waals surface area contributed by atoms with Gasteiger partial charge in [-0.3, -0.25) is 4.79 Å². The molecule has 1 aromatic carbocycles. The molecule has 2 aromatic rings. The molecule has 0 spiro atoms. The average Bonchev–Trinajstić information content (AvgIpc) is 3.53. The summed E-state index contributed by atoms with van der Waals surface area (Å²) in [6.45, 7) is 5.87. The fourth-order valence-electron chi connectivity index (χ4n) is 4.59. The first-order valence-electron chi connectivity index (χ1n) is 12.2. The molecule has 2 aliphatic heterocycles. The first-order chi connectivity index (χ1) is 16.9. The van der Waals surface area contributed by atoms with E-state index < -0.39 is 0 Å². The van der Waals surface area contributed by atoms with E-state index in [0.29, 0.717) is 32.1 Å². The third-order valence-electron chi connectivity index (χ3n) is 6.34. The fourth-order valence-corrected chi connectivity index (χ4v) is 5.51. The quantitative estimate of drug-likeness (QED) is 0.564. The van der Waals surface area contributed by atoms with Gasteiger partial charge in [0.25, 0.3) is 0 Å². The van der Waals surface area contributed by atoms with Crippen LogP contribution in [-0.2, 0) is 16.0 Å². The van der Waals surface area contributed by atoms with Crippen LogP contribution in [0.25, 0.3) is 0 Å². The highest BCUT2D eigenvalue weighted by molar-refractivity contribution is 7.10. The Morgan fingerprint density at radius 2 is 2.11 bits per heavy atom. The van der Waals surface area contributed by atoms with Gasteiger partial charge in [-0.25, -0.2) is 4.79 Å². The number of fused-ring (bicyclic) bond motifs is 1. The Balaban J connectivity index is 1.49. The second-order valence-electron chi connectivity index (χ2n) is 9.26. The molecule has 1 fully saturated rings. The third-order valence-corrected chi connectivity index (χ3v) is 7.33. The molecule has 190 valence electrons. The summed E-state index contributed by atoms with van der Waals surface area (Å²) in [6, 6.07) is 9.07. The maximum Gasteiger partial charge on any atom is 0.318 e. The molecule has 0 aliphatic carbocycles. The molecule has 0 saturated carbocycles. The third kappa shape index (κ3) is 6.46. The molecule has 1 N–H and O–H groups in total. The fraction of sp³-hybridized carbons (Fsp3) is 0.538. The smallest absolute Gasteiger partial charge is 0.318 e. The van der Waals surface area contributed by atoms with Crippen molar-refractivity contribution < 1.29 is 23.8 Å². The van der Waals surface area contributed by atoms with Crippen molar-refractivity contribution in [3.05, 3.63) is 46.2 Å². The lowest BCUT2D eigenvalue weighted by molar-refractivity contribution is -0.135. The number of nitrogens with one attached hydrogen (secondary N) is 1. The van der Waals surface area contributed by atoms with Crippen LogP contribution < -0.4 is 14.8 Å². The van der Waals surface area contributed by atoms with Crippen LogP contribution >= 0.6 is 11.3 Å². The van der Waals surface area contributed by atoms with Gasteiger partial charge >= 0.3 is 6.03 Å². The lowest BCUT2D eigenvalue weighted by atomic mass is 10.0. The van der Waals surface area contributed by atoms with Gasteiger partial charge < -0.3 is 29.3 Å². The zero-order chi connectivity index (χ0) is 24.8. The highest BCUT2D eigenvalue weighted by Crippen LogP contribution is 2.34. The minimum atomic E-state index is -0.235. The predicted molar refractivity (Wildman–Crippen MR) is 135 cm³/mol. The van der Waals surface area contributed by atoms with Crippen molar-refractivity contribution in [2.24, 2.45) is 0 Å². The molecule has 35 heavy (non-hydrogen) atoms. The summed E-state index contributed by atoms with van der Waals surface area (Å²) in [4.78, 5) is 31.3. The van der Waals surface area contributed by atoms with Crippen LogP contribution in [0, 0.1) is 0 Å². The Kier molecular flexibility index (Phi) is 8.51. The van der Waals surface area contributed by atoms with Gasteiger partial charge in [-0.1, -0.05) is 6.07 Å². The van der Waals surface area contributed by atoms with Gasteiger partial charge in [-0.05, 0) is 62.3 Å². The molecular formula is C26H35N3O5S. The number of amides is 3. The lowest BCUT2D eigenvalue weighted by Gasteiger charge is -2.37. The summed E-state index contributed by atoms with van der Waals surface area (Å²) in [6.07, 6.45) is 2.66. The van der Waals surface area contributed by atoms with Gasteiger partial charge in [0.1, 0.15) is 24.7 Å². The second kappa shape index (κ2) is 11.8. The number of methoxy groups -OCH3 is 1. The molecule has 1 saturated heterocycles. The van der Waals surface area contributed by atoms with E-state index in [4.69, 9.17) is 14.2 Å². The standard InChI is InChI=1S/C26H35N3O5S/c1-18(2)27-26(31)28(15-21-8-5-12-33-21)16-25(30)29-11-9-24-22(10-13-35-24)23(29)17-34-20-7-4-6-19(14-20)32-3/h4,6-7,10,13-14,18,21,23H,5,8-9,11-12,15-17H2,1-3H3,(H,27,31)/t21-,23+/m1/s1. The molecule has 4 rings (SSSR count). The normalized spacial score (nSPS) is 19.4. The van der Waals surface area contributed by atoms with Crippen LogP contribution in [0.2, 0.25) is 0 Å². The largest absolute Gasteiger partial charge is 0.497 e. The first-order valence-corrected chi connectivity index (χ1v) is 13.1. The van der Waals surface area contributed by atoms with Gasteiger partial charge in [0, 0.05) is 36.7 Å². The summed E-state index contributed by atoms with van der Waals surface area (Å²) in [5.41, 5.74) is 1.12. The van der Waals surface area contributed by atoms with Crippen molar-refractivity contribution in [3.63, 3.8) is 0 Å². The van der Waals surface area contributed by atoms with Crippen molar-refractivity contribution in [2.75, 3.05) is 40.0 Å². The molecule has 3 heterocycles. The molecule has 3 amide bonds. The minimum absolute atomic E-state index is 0.00748. The molecule has 2 atom stereocenters. The maximum absolute atomic E-state index is 13.6. The molecule has 0 bridgehead atoms. The number of hydrogen-bond donors (Lipinski definition) is 1. The molecule has 9 heteroatoms. The van der Waals surface area contributed by atoms with E-state index in [1.807, 2.05) is 43.0 Å². The van der Waals surface area contributed by atoms with E-state index in [1.54, 1.807) is 23.3 Å². The van der Waals surface area contributed by atoms with Crippen molar-refractivity contribution >= 4 is 23.3 Å². The van der Waals surface area contributed by atoms with E-state index in [9.17, 15) is 9.59 Å². The van der Waals surface area contributed by atoms with Crippen molar-refractivity contribution in [1.29, 1.82) is 0 Å². The summed E-state index contributed by atoms with van der Waals surface area (Å²) in [7, 11) is 1.62. The number of benzene rings is 1. The van der Waals surface area contributed by atoms with Gasteiger partial charge in [-0.15, -0.1) is 11.3 Å². The summed E-state index contributed by atoms with van der Waals surface area (Å²) < 4.78 is 17.2. The number of nitrogens with zero attached hydrogens (tertiary/aromatic N) is 2. The lowest BCUT2D eigenvalue weighted by Crippen LogP contribution is -2.52. The number of carbonyl (C=O) groups excluding carboxylic acids is 2. The minimum Gasteiger partial charge on any atom is -0.497 e. The Morgan fingerprint density at radius 3 is 2.86 bits per heavy atom. The SMILES string of the molecule is COc1cccc(OC[C@H]2c3ccsc3CCN2C(=O)CN(C[C@H]2CCCO2)C(=O)NC(C)C)c1. The van der Waals surface area contributed by atoms with Crippen LogP contribution in [0.1, 0.15) is 43.2 Å². The van der Waals surface area contributed by atoms with E-state index in [-0.39, 0.29) is 36.7 Å². The number of urea groups is 1. The van der Waals surface area contributed by atoms with Crippen molar-refractivity contribution in [2.45, 2.75) is 51.3 Å². The monoisotopic (exact) mass is 501 g/mol. The van der Waals surface area contributed by atoms with Crippen LogP contribution in [0.5, 0.6) is 11.5 Å². The van der Waals surface area contributed by atoms with Gasteiger partial charge in [0.05, 0.1) is 19.3 Å². The molecule has 2 aliphatic rings. The number of thiophene rings is 1. The highest BCUT2D eigenvalue weighted by atomic mass is 32.1. The summed E-state index contributed by atoms with van der Waals surface area (Å²) >= 11 is 1.71. The Hall–Kier alpha value is -2.78. The molecule has 0 unspecified atom stereocenters. The molecular weight excluding hydrogens is 466 g/mol. The predicted octanol–water partition coefficient (Wildman–Crippen LogP) is 3.86. The first kappa shape index (κ1) is 25.3. The number of rotatable bonds is 9. The Labute approximate surface area is 211 Å². The maximum atomic E-state index is 13.6. The van der Waals surface area contributed by atoms with Crippen LogP contribution in [-0.4, -0.2) is 73.8 Å². The van der Waals surface area contributed by atoms with E-state index >= 15 is 0 Å². The van der Waals surface area contributed by atoms with Gasteiger partial charge in [0.15, 0.2) is 0 Å². The van der Waals surface area contributed by atoms with Crippen molar-refractivity contribution in [1.82, 2.24) is 15.1 Å². The summed E-state index contributed by atoms with van der Waals surface area (Å²) in [5.74, 6) is 1.32. The van der Waals surface area contributed by atoms with Crippen LogP contribution in [0.3, 0.4) is 0 Å².